The van der Waals surface area contributed by atoms with Gasteiger partial charge in [-0.15, -0.1) is 0 Å². The molecule has 0 atom stereocenters. The third-order valence-corrected chi connectivity index (χ3v) is 3.09. The summed E-state index contributed by atoms with van der Waals surface area (Å²) in [6, 6.07) is 5.90. The summed E-state index contributed by atoms with van der Waals surface area (Å²) in [6.45, 7) is 0. The number of nitrogens with one attached hydrogen (secondary N) is 1. The number of nitrogens with two attached hydrogens (primary N) is 1. The van der Waals surface area contributed by atoms with Crippen LogP contribution in [-0.4, -0.2) is 11.3 Å². The molecule has 0 aromatic heterocycles. The SMILES string of the molecule is NC(=S)NN=Cc1c(Br)cccc1I. The molecule has 0 aliphatic carbocycles. The minimum atomic E-state index is 0.156. The number of halogens is 2. The van der Waals surface area contributed by atoms with Crippen molar-refractivity contribution >= 4 is 62.1 Å². The summed E-state index contributed by atoms with van der Waals surface area (Å²) in [5, 5.41) is 4.04. The lowest BCUT2D eigenvalue weighted by Gasteiger charge is -2.00. The molecule has 0 heterocycles. The van der Waals surface area contributed by atoms with Crippen LogP contribution in [0.25, 0.3) is 0 Å². The van der Waals surface area contributed by atoms with Crippen LogP contribution in [0.4, 0.5) is 0 Å². The molecule has 0 unspecified atom stereocenters. The van der Waals surface area contributed by atoms with Crippen molar-refractivity contribution in [3.63, 3.8) is 0 Å². The molecule has 0 saturated heterocycles. The lowest BCUT2D eigenvalue weighted by atomic mass is 10.2. The zero-order chi connectivity index (χ0) is 10.6. The highest BCUT2D eigenvalue weighted by Gasteiger charge is 2.00. The van der Waals surface area contributed by atoms with Gasteiger partial charge in [0.2, 0.25) is 0 Å². The Morgan fingerprint density at radius 3 is 2.93 bits per heavy atom. The standard InChI is InChI=1S/C8H7BrIN3S/c9-6-2-1-3-7(10)5(6)4-12-13-8(11)14/h1-4H,(H3,11,13,14). The summed E-state index contributed by atoms with van der Waals surface area (Å²) in [5.74, 6) is 0. The second-order valence-corrected chi connectivity index (χ2v) is 4.83. The molecule has 0 amide bonds. The van der Waals surface area contributed by atoms with Gasteiger partial charge in [-0.2, -0.15) is 5.10 Å². The molecule has 0 aliphatic heterocycles. The molecule has 1 aromatic rings. The Balaban J connectivity index is 2.85. The quantitative estimate of drug-likeness (QED) is 0.356. The van der Waals surface area contributed by atoms with Crippen LogP contribution >= 0.6 is 50.7 Å². The van der Waals surface area contributed by atoms with Crippen LogP contribution in [0, 0.1) is 3.57 Å². The minimum Gasteiger partial charge on any atom is -0.375 e. The zero-order valence-electron chi connectivity index (χ0n) is 7.00. The second-order valence-electron chi connectivity index (χ2n) is 2.37. The molecular weight excluding hydrogens is 377 g/mol. The van der Waals surface area contributed by atoms with Crippen LogP contribution in [0.2, 0.25) is 0 Å². The smallest absolute Gasteiger partial charge is 0.184 e. The first kappa shape index (κ1) is 11.9. The average molecular weight is 384 g/mol. The summed E-state index contributed by atoms with van der Waals surface area (Å²) >= 11 is 10.3. The van der Waals surface area contributed by atoms with E-state index in [0.717, 1.165) is 13.6 Å². The van der Waals surface area contributed by atoms with E-state index in [4.69, 9.17) is 5.73 Å². The van der Waals surface area contributed by atoms with Crippen LogP contribution in [-0.2, 0) is 0 Å². The summed E-state index contributed by atoms with van der Waals surface area (Å²) < 4.78 is 2.09. The van der Waals surface area contributed by atoms with E-state index in [2.05, 4.69) is 61.3 Å². The van der Waals surface area contributed by atoms with E-state index in [1.807, 2.05) is 18.2 Å². The number of hydrogen-bond donors (Lipinski definition) is 2. The highest BCUT2D eigenvalue weighted by atomic mass is 127. The number of rotatable bonds is 2. The molecule has 14 heavy (non-hydrogen) atoms. The molecule has 0 aliphatic rings. The van der Waals surface area contributed by atoms with E-state index < -0.39 is 0 Å². The fourth-order valence-corrected chi connectivity index (χ4v) is 2.32. The average Bonchev–Trinajstić information content (AvgIpc) is 2.09. The van der Waals surface area contributed by atoms with Crippen molar-refractivity contribution in [3.8, 4) is 0 Å². The maximum atomic E-state index is 5.23. The van der Waals surface area contributed by atoms with E-state index in [1.165, 1.54) is 0 Å². The lowest BCUT2D eigenvalue weighted by molar-refractivity contribution is 1.04. The van der Waals surface area contributed by atoms with Crippen LogP contribution in [0.1, 0.15) is 5.56 Å². The molecule has 74 valence electrons. The van der Waals surface area contributed by atoms with Gasteiger partial charge in [-0.05, 0) is 46.9 Å². The highest BCUT2D eigenvalue weighted by molar-refractivity contribution is 14.1. The summed E-state index contributed by atoms with van der Waals surface area (Å²) in [5.41, 5.74) is 8.73. The van der Waals surface area contributed by atoms with Gasteiger partial charge in [0.25, 0.3) is 0 Å². The molecule has 1 rings (SSSR count). The van der Waals surface area contributed by atoms with Gasteiger partial charge in [0.05, 0.1) is 6.21 Å². The van der Waals surface area contributed by atoms with E-state index in [0.29, 0.717) is 0 Å². The third kappa shape index (κ3) is 3.50. The van der Waals surface area contributed by atoms with Crippen molar-refractivity contribution in [3.05, 3.63) is 31.8 Å². The van der Waals surface area contributed by atoms with Crippen LogP contribution < -0.4 is 11.2 Å². The molecule has 0 bridgehead atoms. The summed E-state index contributed by atoms with van der Waals surface area (Å²) in [7, 11) is 0. The topological polar surface area (TPSA) is 50.4 Å². The zero-order valence-corrected chi connectivity index (χ0v) is 11.6. The van der Waals surface area contributed by atoms with Gasteiger partial charge >= 0.3 is 0 Å². The summed E-state index contributed by atoms with van der Waals surface area (Å²) in [6.07, 6.45) is 1.67. The van der Waals surface area contributed by atoms with Gasteiger partial charge in [0, 0.05) is 13.6 Å². The second kappa shape index (κ2) is 5.62. The Kier molecular flexibility index (Phi) is 4.76. The fraction of sp³-hybridized carbons (Fsp3) is 0. The maximum absolute atomic E-state index is 5.23. The third-order valence-electron chi connectivity index (χ3n) is 1.37. The van der Waals surface area contributed by atoms with E-state index >= 15 is 0 Å². The Morgan fingerprint density at radius 1 is 1.64 bits per heavy atom. The van der Waals surface area contributed by atoms with Gasteiger partial charge in [0.15, 0.2) is 5.11 Å². The van der Waals surface area contributed by atoms with Gasteiger partial charge < -0.3 is 5.73 Å². The fourth-order valence-electron chi connectivity index (χ4n) is 0.794. The molecule has 0 fully saturated rings. The predicted octanol–water partition coefficient (Wildman–Crippen LogP) is 2.22. The van der Waals surface area contributed by atoms with Gasteiger partial charge in [-0.25, -0.2) is 0 Å². The number of hydrogen-bond acceptors (Lipinski definition) is 2. The monoisotopic (exact) mass is 383 g/mol. The number of nitrogens with zero attached hydrogens (tertiary/aromatic N) is 1. The first-order valence-electron chi connectivity index (χ1n) is 3.64. The largest absolute Gasteiger partial charge is 0.375 e. The summed E-state index contributed by atoms with van der Waals surface area (Å²) in [4.78, 5) is 0. The van der Waals surface area contributed by atoms with Gasteiger partial charge in [-0.1, -0.05) is 22.0 Å². The lowest BCUT2D eigenvalue weighted by Crippen LogP contribution is -2.24. The Labute approximate surface area is 109 Å². The molecule has 3 N–H and O–H groups in total. The number of hydrazone groups is 1. The normalized spacial score (nSPS) is 10.4. The molecule has 1 aromatic carbocycles. The predicted molar refractivity (Wildman–Crippen MR) is 74.4 cm³/mol. The van der Waals surface area contributed by atoms with Crippen LogP contribution in [0.15, 0.2) is 27.8 Å². The van der Waals surface area contributed by atoms with Crippen molar-refractivity contribution < 1.29 is 0 Å². The van der Waals surface area contributed by atoms with Crippen molar-refractivity contribution in [2.45, 2.75) is 0 Å². The highest BCUT2D eigenvalue weighted by Crippen LogP contribution is 2.19. The number of benzene rings is 1. The molecular formula is C8H7BrIN3S. The molecule has 6 heteroatoms. The first-order valence-corrected chi connectivity index (χ1v) is 5.92. The van der Waals surface area contributed by atoms with Gasteiger partial charge in [-0.3, -0.25) is 5.43 Å². The number of thiocarbonyl (C=S) groups is 1. The van der Waals surface area contributed by atoms with Crippen molar-refractivity contribution in [2.24, 2.45) is 10.8 Å². The van der Waals surface area contributed by atoms with Crippen molar-refractivity contribution in [1.29, 1.82) is 0 Å². The van der Waals surface area contributed by atoms with Crippen molar-refractivity contribution in [1.82, 2.24) is 5.43 Å². The van der Waals surface area contributed by atoms with E-state index in [-0.39, 0.29) is 5.11 Å². The van der Waals surface area contributed by atoms with Gasteiger partial charge in [0.1, 0.15) is 0 Å². The van der Waals surface area contributed by atoms with E-state index in [1.54, 1.807) is 6.21 Å². The first-order chi connectivity index (χ1) is 6.61. The Bertz CT molecular complexity index is 361. The molecule has 0 spiro atoms. The molecule has 0 radical (unpaired) electrons. The Morgan fingerprint density at radius 2 is 2.36 bits per heavy atom. The molecule has 0 saturated carbocycles. The van der Waals surface area contributed by atoms with Crippen LogP contribution in [0.3, 0.4) is 0 Å². The minimum absolute atomic E-state index is 0.156. The van der Waals surface area contributed by atoms with Crippen LogP contribution in [0.5, 0.6) is 0 Å². The maximum Gasteiger partial charge on any atom is 0.184 e. The van der Waals surface area contributed by atoms with Crippen molar-refractivity contribution in [2.75, 3.05) is 0 Å². The van der Waals surface area contributed by atoms with E-state index in [9.17, 15) is 0 Å². The Hall–Kier alpha value is -0.210. The molecule has 3 nitrogen and oxygen atoms in total.